The smallest absolute Gasteiger partial charge is 0.0184 e. The number of aryl methyl sites for hydroxylation is 1. The number of hydrogen-bond donors (Lipinski definition) is 0. The Morgan fingerprint density at radius 1 is 1.18 bits per heavy atom. The molecule has 1 aliphatic rings. The molecule has 0 heteroatoms. The maximum Gasteiger partial charge on any atom is -0.0184 e. The minimum absolute atomic E-state index is 0.790. The zero-order valence-electron chi connectivity index (χ0n) is 11.7. The highest BCUT2D eigenvalue weighted by molar-refractivity contribution is 5.44. The SMILES string of the molecule is CCCCCCc1ccc2c(c1C)CCC2C. The summed E-state index contributed by atoms with van der Waals surface area (Å²) in [6, 6.07) is 4.79. The van der Waals surface area contributed by atoms with Crippen molar-refractivity contribution in [3.63, 3.8) is 0 Å². The fourth-order valence-corrected chi connectivity index (χ4v) is 3.15. The van der Waals surface area contributed by atoms with E-state index in [1.807, 2.05) is 0 Å². The Kier molecular flexibility index (Phi) is 4.25. The van der Waals surface area contributed by atoms with Gasteiger partial charge in [0.2, 0.25) is 0 Å². The first kappa shape index (κ1) is 12.7. The van der Waals surface area contributed by atoms with Crippen LogP contribution >= 0.6 is 0 Å². The van der Waals surface area contributed by atoms with Gasteiger partial charge in [0, 0.05) is 0 Å². The Morgan fingerprint density at radius 3 is 2.76 bits per heavy atom. The van der Waals surface area contributed by atoms with Gasteiger partial charge in [-0.25, -0.2) is 0 Å². The van der Waals surface area contributed by atoms with E-state index >= 15 is 0 Å². The summed E-state index contributed by atoms with van der Waals surface area (Å²) in [6.45, 7) is 6.99. The predicted molar refractivity (Wildman–Crippen MR) is 75.8 cm³/mol. The van der Waals surface area contributed by atoms with E-state index in [9.17, 15) is 0 Å². The molecule has 0 amide bonds. The summed E-state index contributed by atoms with van der Waals surface area (Å²) in [6.07, 6.45) is 9.43. The Hall–Kier alpha value is -0.780. The van der Waals surface area contributed by atoms with Crippen molar-refractivity contribution in [2.75, 3.05) is 0 Å². The number of benzene rings is 1. The third-order valence-electron chi connectivity index (χ3n) is 4.40. The van der Waals surface area contributed by atoms with Crippen LogP contribution in [-0.4, -0.2) is 0 Å². The normalized spacial score (nSPS) is 18.4. The van der Waals surface area contributed by atoms with E-state index < -0.39 is 0 Å². The van der Waals surface area contributed by atoms with Crippen molar-refractivity contribution < 1.29 is 0 Å². The van der Waals surface area contributed by atoms with Crippen molar-refractivity contribution >= 4 is 0 Å². The Balaban J connectivity index is 2.04. The maximum absolute atomic E-state index is 2.40. The lowest BCUT2D eigenvalue weighted by atomic mass is 9.93. The zero-order valence-corrected chi connectivity index (χ0v) is 11.7. The summed E-state index contributed by atoms with van der Waals surface area (Å²) in [5, 5.41) is 0. The van der Waals surface area contributed by atoms with Gasteiger partial charge in [0.05, 0.1) is 0 Å². The first-order valence-corrected chi connectivity index (χ1v) is 7.35. The molecule has 0 spiro atoms. The highest BCUT2D eigenvalue weighted by atomic mass is 14.3. The molecule has 1 aliphatic carbocycles. The van der Waals surface area contributed by atoms with Crippen LogP contribution in [0.5, 0.6) is 0 Å². The van der Waals surface area contributed by atoms with Crippen molar-refractivity contribution in [3.05, 3.63) is 34.4 Å². The lowest BCUT2D eigenvalue weighted by molar-refractivity contribution is 0.665. The van der Waals surface area contributed by atoms with Gasteiger partial charge in [-0.3, -0.25) is 0 Å². The standard InChI is InChI=1S/C17H26/c1-4-5-6-7-8-15-10-12-16-13(2)9-11-17(16)14(15)3/h10,12-13H,4-9,11H2,1-3H3. The van der Waals surface area contributed by atoms with Gasteiger partial charge in [0.1, 0.15) is 0 Å². The van der Waals surface area contributed by atoms with E-state index in [-0.39, 0.29) is 0 Å². The molecule has 0 radical (unpaired) electrons. The molecule has 0 nitrogen and oxygen atoms in total. The summed E-state index contributed by atoms with van der Waals surface area (Å²) >= 11 is 0. The van der Waals surface area contributed by atoms with Crippen LogP contribution in [0.3, 0.4) is 0 Å². The second-order valence-electron chi connectivity index (χ2n) is 5.67. The van der Waals surface area contributed by atoms with Crippen molar-refractivity contribution in [2.45, 2.75) is 71.6 Å². The highest BCUT2D eigenvalue weighted by Gasteiger charge is 2.20. The van der Waals surface area contributed by atoms with Gasteiger partial charge in [0.15, 0.2) is 0 Å². The van der Waals surface area contributed by atoms with Gasteiger partial charge in [-0.15, -0.1) is 0 Å². The van der Waals surface area contributed by atoms with Crippen LogP contribution in [0, 0.1) is 6.92 Å². The molecule has 0 N–H and O–H groups in total. The molecule has 1 aromatic carbocycles. The first-order valence-electron chi connectivity index (χ1n) is 7.35. The van der Waals surface area contributed by atoms with Crippen LogP contribution < -0.4 is 0 Å². The molecule has 0 aliphatic heterocycles. The molecule has 1 atom stereocenters. The van der Waals surface area contributed by atoms with Crippen LogP contribution in [0.15, 0.2) is 12.1 Å². The van der Waals surface area contributed by atoms with E-state index in [0.717, 1.165) is 5.92 Å². The van der Waals surface area contributed by atoms with Gasteiger partial charge >= 0.3 is 0 Å². The molecule has 0 saturated carbocycles. The summed E-state index contributed by atoms with van der Waals surface area (Å²) < 4.78 is 0. The van der Waals surface area contributed by atoms with Gasteiger partial charge < -0.3 is 0 Å². The third kappa shape index (κ3) is 2.73. The van der Waals surface area contributed by atoms with Crippen molar-refractivity contribution in [3.8, 4) is 0 Å². The second kappa shape index (κ2) is 5.71. The summed E-state index contributed by atoms with van der Waals surface area (Å²) in [4.78, 5) is 0. The number of hydrogen-bond acceptors (Lipinski definition) is 0. The first-order chi connectivity index (χ1) is 8.24. The van der Waals surface area contributed by atoms with Crippen molar-refractivity contribution in [1.29, 1.82) is 0 Å². The van der Waals surface area contributed by atoms with Crippen molar-refractivity contribution in [1.82, 2.24) is 0 Å². The fraction of sp³-hybridized carbons (Fsp3) is 0.647. The molecule has 0 fully saturated rings. The van der Waals surface area contributed by atoms with E-state index in [2.05, 4.69) is 32.9 Å². The molecular weight excluding hydrogens is 204 g/mol. The molecule has 0 bridgehead atoms. The van der Waals surface area contributed by atoms with Crippen LogP contribution in [0.4, 0.5) is 0 Å². The Bertz CT molecular complexity index is 376. The molecule has 94 valence electrons. The van der Waals surface area contributed by atoms with E-state index in [1.165, 1.54) is 44.9 Å². The van der Waals surface area contributed by atoms with E-state index in [1.54, 1.807) is 22.3 Å². The molecule has 1 aromatic rings. The summed E-state index contributed by atoms with van der Waals surface area (Å²) in [5.74, 6) is 0.790. The summed E-state index contributed by atoms with van der Waals surface area (Å²) in [5.41, 5.74) is 6.50. The van der Waals surface area contributed by atoms with Crippen LogP contribution in [0.25, 0.3) is 0 Å². The Morgan fingerprint density at radius 2 is 2.00 bits per heavy atom. The minimum atomic E-state index is 0.790. The molecule has 0 aromatic heterocycles. The minimum Gasteiger partial charge on any atom is -0.0654 e. The molecule has 0 saturated heterocycles. The number of unbranched alkanes of at least 4 members (excludes halogenated alkanes) is 3. The third-order valence-corrected chi connectivity index (χ3v) is 4.40. The largest absolute Gasteiger partial charge is 0.0654 e. The Labute approximate surface area is 106 Å². The number of fused-ring (bicyclic) bond motifs is 1. The van der Waals surface area contributed by atoms with E-state index in [4.69, 9.17) is 0 Å². The van der Waals surface area contributed by atoms with Crippen molar-refractivity contribution in [2.24, 2.45) is 0 Å². The van der Waals surface area contributed by atoms with Crippen LogP contribution in [0.1, 0.15) is 74.1 Å². The lowest BCUT2D eigenvalue weighted by Gasteiger charge is -2.12. The average molecular weight is 230 g/mol. The average Bonchev–Trinajstić information content (AvgIpc) is 2.70. The van der Waals surface area contributed by atoms with Crippen LogP contribution in [-0.2, 0) is 12.8 Å². The second-order valence-corrected chi connectivity index (χ2v) is 5.67. The monoisotopic (exact) mass is 230 g/mol. The van der Waals surface area contributed by atoms with E-state index in [0.29, 0.717) is 0 Å². The predicted octanol–water partition coefficient (Wildman–Crippen LogP) is 5.17. The highest BCUT2D eigenvalue weighted by Crippen LogP contribution is 2.35. The topological polar surface area (TPSA) is 0 Å². The lowest BCUT2D eigenvalue weighted by Crippen LogP contribution is -1.96. The maximum atomic E-state index is 2.40. The fourth-order valence-electron chi connectivity index (χ4n) is 3.15. The van der Waals surface area contributed by atoms with Gasteiger partial charge in [-0.2, -0.15) is 0 Å². The summed E-state index contributed by atoms with van der Waals surface area (Å²) in [7, 11) is 0. The number of rotatable bonds is 5. The molecule has 17 heavy (non-hydrogen) atoms. The molecule has 2 rings (SSSR count). The molecule has 0 heterocycles. The zero-order chi connectivity index (χ0) is 12.3. The van der Waals surface area contributed by atoms with Crippen LogP contribution in [0.2, 0.25) is 0 Å². The van der Waals surface area contributed by atoms with Gasteiger partial charge in [-0.1, -0.05) is 45.2 Å². The van der Waals surface area contributed by atoms with Gasteiger partial charge in [0.25, 0.3) is 0 Å². The quantitative estimate of drug-likeness (QED) is 0.612. The molecular formula is C17H26. The van der Waals surface area contributed by atoms with Gasteiger partial charge in [-0.05, 0) is 60.8 Å². The molecule has 1 unspecified atom stereocenters.